The van der Waals surface area contributed by atoms with Crippen LogP contribution in [0.5, 0.6) is 0 Å². The molecule has 78 valence electrons. The van der Waals surface area contributed by atoms with Crippen molar-refractivity contribution in [2.75, 3.05) is 13.1 Å². The van der Waals surface area contributed by atoms with Crippen LogP contribution in [0.25, 0.3) is 0 Å². The number of fused-ring (bicyclic) bond motifs is 1. The predicted molar refractivity (Wildman–Crippen MR) is 64.9 cm³/mol. The number of hydrogen-bond acceptors (Lipinski definition) is 2. The fraction of sp³-hybridized carbons (Fsp3) is 0.385. The van der Waals surface area contributed by atoms with Gasteiger partial charge in [0.05, 0.1) is 0 Å². The molecule has 2 aliphatic heterocycles. The average molecular weight is 217 g/mol. The van der Waals surface area contributed by atoms with Crippen molar-refractivity contribution in [3.63, 3.8) is 0 Å². The zero-order valence-corrected chi connectivity index (χ0v) is 9.59. The second-order valence-electron chi connectivity index (χ2n) is 4.21. The SMILES string of the molecule is C1=C(N2CCCC2)Cc2ccccc2S1. The summed E-state index contributed by atoms with van der Waals surface area (Å²) in [6.45, 7) is 2.52. The molecule has 0 aliphatic carbocycles. The van der Waals surface area contributed by atoms with Gasteiger partial charge >= 0.3 is 0 Å². The average Bonchev–Trinajstić information content (AvgIpc) is 2.82. The Morgan fingerprint density at radius 3 is 2.73 bits per heavy atom. The Morgan fingerprint density at radius 1 is 1.07 bits per heavy atom. The largest absolute Gasteiger partial charge is 0.374 e. The minimum absolute atomic E-state index is 1.13. The Hall–Kier alpha value is -0.890. The van der Waals surface area contributed by atoms with Gasteiger partial charge in [-0.2, -0.15) is 0 Å². The van der Waals surface area contributed by atoms with Gasteiger partial charge in [-0.1, -0.05) is 30.0 Å². The molecule has 1 aromatic carbocycles. The highest BCUT2D eigenvalue weighted by atomic mass is 32.2. The Labute approximate surface area is 95.2 Å². The topological polar surface area (TPSA) is 3.24 Å². The molecule has 0 unspecified atom stereocenters. The van der Waals surface area contributed by atoms with Gasteiger partial charge in [0, 0.05) is 30.1 Å². The first-order valence-electron chi connectivity index (χ1n) is 5.62. The molecule has 0 spiro atoms. The maximum atomic E-state index is 2.54. The minimum atomic E-state index is 1.13. The molecule has 2 heterocycles. The molecular weight excluding hydrogens is 202 g/mol. The highest BCUT2D eigenvalue weighted by Crippen LogP contribution is 2.34. The summed E-state index contributed by atoms with van der Waals surface area (Å²) in [7, 11) is 0. The van der Waals surface area contributed by atoms with Gasteiger partial charge in [-0.15, -0.1) is 0 Å². The van der Waals surface area contributed by atoms with Crippen molar-refractivity contribution < 1.29 is 0 Å². The summed E-state index contributed by atoms with van der Waals surface area (Å²) in [5.41, 5.74) is 3.02. The molecule has 0 atom stereocenters. The third-order valence-corrected chi connectivity index (χ3v) is 4.22. The van der Waals surface area contributed by atoms with Gasteiger partial charge in [0.1, 0.15) is 0 Å². The number of allylic oxidation sites excluding steroid dienone is 1. The molecule has 0 amide bonds. The Bertz CT molecular complexity index is 391. The Morgan fingerprint density at radius 2 is 1.87 bits per heavy atom. The fourth-order valence-electron chi connectivity index (χ4n) is 2.32. The van der Waals surface area contributed by atoms with Crippen LogP contribution in [0, 0.1) is 0 Å². The normalized spacial score (nSPS) is 20.0. The van der Waals surface area contributed by atoms with Gasteiger partial charge in [-0.3, -0.25) is 0 Å². The van der Waals surface area contributed by atoms with Crippen molar-refractivity contribution in [1.82, 2.24) is 4.90 Å². The van der Waals surface area contributed by atoms with Gasteiger partial charge in [0.2, 0.25) is 0 Å². The van der Waals surface area contributed by atoms with Crippen LogP contribution in [0.2, 0.25) is 0 Å². The highest BCUT2D eigenvalue weighted by molar-refractivity contribution is 8.02. The quantitative estimate of drug-likeness (QED) is 0.710. The van der Waals surface area contributed by atoms with Crippen LogP contribution in [0.3, 0.4) is 0 Å². The molecule has 0 bridgehead atoms. The lowest BCUT2D eigenvalue weighted by molar-refractivity contribution is 0.416. The summed E-state index contributed by atoms with van der Waals surface area (Å²) in [4.78, 5) is 3.98. The van der Waals surface area contributed by atoms with Crippen LogP contribution in [-0.2, 0) is 6.42 Å². The number of benzene rings is 1. The van der Waals surface area contributed by atoms with E-state index < -0.39 is 0 Å². The molecule has 1 nitrogen and oxygen atoms in total. The molecule has 0 radical (unpaired) electrons. The van der Waals surface area contributed by atoms with E-state index in [9.17, 15) is 0 Å². The summed E-state index contributed by atoms with van der Waals surface area (Å²) in [5, 5.41) is 2.34. The predicted octanol–water partition coefficient (Wildman–Crippen LogP) is 3.27. The molecule has 1 aromatic rings. The van der Waals surface area contributed by atoms with Crippen LogP contribution in [0.15, 0.2) is 40.3 Å². The molecular formula is C13H15NS. The fourth-order valence-corrected chi connectivity index (χ4v) is 3.27. The highest BCUT2D eigenvalue weighted by Gasteiger charge is 2.18. The second kappa shape index (κ2) is 3.93. The summed E-state index contributed by atoms with van der Waals surface area (Å²) < 4.78 is 0. The lowest BCUT2D eigenvalue weighted by Gasteiger charge is -2.25. The van der Waals surface area contributed by atoms with Gasteiger partial charge in [-0.05, 0) is 29.9 Å². The first-order valence-corrected chi connectivity index (χ1v) is 6.50. The molecule has 15 heavy (non-hydrogen) atoms. The van der Waals surface area contributed by atoms with Gasteiger partial charge in [-0.25, -0.2) is 0 Å². The van der Waals surface area contributed by atoms with E-state index in [2.05, 4.69) is 34.6 Å². The van der Waals surface area contributed by atoms with Crippen molar-refractivity contribution in [3.05, 3.63) is 40.9 Å². The van der Waals surface area contributed by atoms with E-state index in [4.69, 9.17) is 0 Å². The lowest BCUT2D eigenvalue weighted by atomic mass is 10.1. The van der Waals surface area contributed by atoms with E-state index in [-0.39, 0.29) is 0 Å². The van der Waals surface area contributed by atoms with Crippen molar-refractivity contribution >= 4 is 11.8 Å². The first kappa shape index (κ1) is 9.34. The summed E-state index contributed by atoms with van der Waals surface area (Å²) in [6, 6.07) is 8.75. The van der Waals surface area contributed by atoms with E-state index in [0.29, 0.717) is 0 Å². The number of rotatable bonds is 1. The molecule has 2 heteroatoms. The molecule has 2 aliphatic rings. The van der Waals surface area contributed by atoms with E-state index in [1.807, 2.05) is 11.8 Å². The van der Waals surface area contributed by atoms with Crippen molar-refractivity contribution in [3.8, 4) is 0 Å². The van der Waals surface area contributed by atoms with E-state index in [1.54, 1.807) is 0 Å². The Balaban J connectivity index is 1.82. The number of thioether (sulfide) groups is 1. The van der Waals surface area contributed by atoms with Gasteiger partial charge < -0.3 is 4.90 Å². The van der Waals surface area contributed by atoms with E-state index in [1.165, 1.54) is 42.1 Å². The van der Waals surface area contributed by atoms with Crippen LogP contribution in [0.1, 0.15) is 18.4 Å². The monoisotopic (exact) mass is 217 g/mol. The third-order valence-electron chi connectivity index (χ3n) is 3.18. The van der Waals surface area contributed by atoms with Gasteiger partial charge in [0.25, 0.3) is 0 Å². The van der Waals surface area contributed by atoms with E-state index in [0.717, 1.165) is 6.42 Å². The maximum Gasteiger partial charge on any atom is 0.0245 e. The van der Waals surface area contributed by atoms with Crippen LogP contribution in [-0.4, -0.2) is 18.0 Å². The van der Waals surface area contributed by atoms with Crippen LogP contribution in [0.4, 0.5) is 0 Å². The van der Waals surface area contributed by atoms with Crippen molar-refractivity contribution in [1.29, 1.82) is 0 Å². The summed E-state index contributed by atoms with van der Waals surface area (Å²) in [6.07, 6.45) is 3.86. The standard InChI is InChI=1S/C13H15NS/c1-2-6-13-11(5-1)9-12(10-15-13)14-7-3-4-8-14/h1-2,5-6,10H,3-4,7-9H2. The third kappa shape index (κ3) is 1.78. The first-order chi connectivity index (χ1) is 7.43. The minimum Gasteiger partial charge on any atom is -0.374 e. The molecule has 1 fully saturated rings. The lowest BCUT2D eigenvalue weighted by Crippen LogP contribution is -2.21. The summed E-state index contributed by atoms with van der Waals surface area (Å²) >= 11 is 1.88. The number of likely N-dealkylation sites (tertiary alicyclic amines) is 1. The van der Waals surface area contributed by atoms with Crippen molar-refractivity contribution in [2.45, 2.75) is 24.2 Å². The zero-order valence-electron chi connectivity index (χ0n) is 8.78. The molecule has 0 saturated carbocycles. The zero-order chi connectivity index (χ0) is 10.1. The smallest absolute Gasteiger partial charge is 0.0245 e. The Kier molecular flexibility index (Phi) is 2.45. The van der Waals surface area contributed by atoms with Crippen LogP contribution < -0.4 is 0 Å². The maximum absolute atomic E-state index is 2.54. The number of nitrogens with zero attached hydrogens (tertiary/aromatic N) is 1. The molecule has 0 N–H and O–H groups in total. The van der Waals surface area contributed by atoms with E-state index >= 15 is 0 Å². The van der Waals surface area contributed by atoms with Crippen molar-refractivity contribution in [2.24, 2.45) is 0 Å². The van der Waals surface area contributed by atoms with Gasteiger partial charge in [0.15, 0.2) is 0 Å². The summed E-state index contributed by atoms with van der Waals surface area (Å²) in [5.74, 6) is 0. The van der Waals surface area contributed by atoms with Crippen LogP contribution >= 0.6 is 11.8 Å². The molecule has 1 saturated heterocycles. The number of hydrogen-bond donors (Lipinski definition) is 0. The molecule has 0 aromatic heterocycles. The second-order valence-corrected chi connectivity index (χ2v) is 5.12. The molecule has 3 rings (SSSR count).